The first-order valence-corrected chi connectivity index (χ1v) is 11.9. The third-order valence-electron chi connectivity index (χ3n) is 5.34. The quantitative estimate of drug-likeness (QED) is 0.404. The number of ether oxygens (including phenoxy) is 2. The molecule has 1 aliphatic rings. The van der Waals surface area contributed by atoms with E-state index in [0.717, 1.165) is 23.5 Å². The van der Waals surface area contributed by atoms with E-state index in [2.05, 4.69) is 9.72 Å². The number of hydrogen-bond acceptors (Lipinski definition) is 8. The molecular formula is C20H17F3N2O6S2. The monoisotopic (exact) mass is 502 g/mol. The molecule has 176 valence electrons. The first kappa shape index (κ1) is 23.4. The maximum Gasteiger partial charge on any atom is 0.573 e. The van der Waals surface area contributed by atoms with Crippen molar-refractivity contribution in [3.63, 3.8) is 0 Å². The summed E-state index contributed by atoms with van der Waals surface area (Å²) >= 11 is 1.15. The van der Waals surface area contributed by atoms with Crippen molar-refractivity contribution in [2.45, 2.75) is 28.8 Å². The lowest BCUT2D eigenvalue weighted by Crippen LogP contribution is -2.54. The fourth-order valence-corrected chi connectivity index (χ4v) is 6.69. The van der Waals surface area contributed by atoms with E-state index >= 15 is 0 Å². The first-order valence-electron chi connectivity index (χ1n) is 9.59. The number of carbonyl (C=O) groups is 1. The molecule has 1 aromatic heterocycles. The van der Waals surface area contributed by atoms with Crippen LogP contribution in [-0.2, 0) is 19.4 Å². The van der Waals surface area contributed by atoms with Gasteiger partial charge in [0.2, 0.25) is 0 Å². The van der Waals surface area contributed by atoms with E-state index < -0.39 is 26.9 Å². The van der Waals surface area contributed by atoms with E-state index in [1.165, 1.54) is 35.8 Å². The lowest BCUT2D eigenvalue weighted by Gasteiger charge is -2.34. The molecule has 8 nitrogen and oxygen atoms in total. The molecule has 0 aliphatic carbocycles. The fourth-order valence-electron chi connectivity index (χ4n) is 3.64. The Balaban J connectivity index is 1.69. The zero-order valence-electron chi connectivity index (χ0n) is 16.8. The van der Waals surface area contributed by atoms with Crippen LogP contribution in [0, 0.1) is 0 Å². The number of hydrogen-bond donors (Lipinski definition) is 2. The standard InChI is InChI=1S/C20H17F3N2O6S2/c21-20(22,23)31-13-3-1-12(2-4-13)17-24-15-6-5-14(11-16(15)32-17)33(28,29)19(18(26)25-27)7-9-30-10-8-19/h1-6,11,27H,7-10H2,(H,25,26). The average Bonchev–Trinajstić information content (AvgIpc) is 3.21. The Morgan fingerprint density at radius 1 is 1.15 bits per heavy atom. The molecule has 0 spiro atoms. The van der Waals surface area contributed by atoms with Gasteiger partial charge in [-0.15, -0.1) is 24.5 Å². The third kappa shape index (κ3) is 4.40. The van der Waals surface area contributed by atoms with Gasteiger partial charge in [0.1, 0.15) is 10.8 Å². The van der Waals surface area contributed by atoms with E-state index in [1.807, 2.05) is 0 Å². The minimum Gasteiger partial charge on any atom is -0.406 e. The predicted molar refractivity (Wildman–Crippen MR) is 112 cm³/mol. The SMILES string of the molecule is O=C(NO)C1(S(=O)(=O)c2ccc3nc(-c4ccc(OC(F)(F)F)cc4)sc3c2)CCOCC1. The van der Waals surface area contributed by atoms with Gasteiger partial charge in [-0.05, 0) is 55.3 Å². The zero-order chi connectivity index (χ0) is 23.9. The molecule has 1 amide bonds. The van der Waals surface area contributed by atoms with Crippen LogP contribution in [0.1, 0.15) is 12.8 Å². The van der Waals surface area contributed by atoms with Crippen molar-refractivity contribution in [1.82, 2.24) is 10.5 Å². The molecule has 0 radical (unpaired) electrons. The summed E-state index contributed by atoms with van der Waals surface area (Å²) in [7, 11) is -4.20. The van der Waals surface area contributed by atoms with Crippen LogP contribution in [0.3, 0.4) is 0 Å². The molecule has 0 saturated carbocycles. The summed E-state index contributed by atoms with van der Waals surface area (Å²) in [6, 6.07) is 9.38. The summed E-state index contributed by atoms with van der Waals surface area (Å²) in [4.78, 5) is 16.7. The van der Waals surface area contributed by atoms with Crippen molar-refractivity contribution in [2.75, 3.05) is 13.2 Å². The Morgan fingerprint density at radius 3 is 2.42 bits per heavy atom. The topological polar surface area (TPSA) is 115 Å². The number of alkyl halides is 3. The molecule has 2 heterocycles. The molecule has 1 saturated heterocycles. The highest BCUT2D eigenvalue weighted by atomic mass is 32.2. The number of hydroxylamine groups is 1. The van der Waals surface area contributed by atoms with Gasteiger partial charge in [-0.2, -0.15) is 0 Å². The normalized spacial score (nSPS) is 16.5. The average molecular weight is 502 g/mol. The van der Waals surface area contributed by atoms with E-state index in [4.69, 9.17) is 9.94 Å². The van der Waals surface area contributed by atoms with Crippen LogP contribution >= 0.6 is 11.3 Å². The summed E-state index contributed by atoms with van der Waals surface area (Å²) in [6.45, 7) is 0.0985. The van der Waals surface area contributed by atoms with Gasteiger partial charge >= 0.3 is 6.36 Å². The second-order valence-electron chi connectivity index (χ2n) is 7.27. The lowest BCUT2D eigenvalue weighted by atomic mass is 9.98. The minimum absolute atomic E-state index is 0.0493. The number of nitrogens with one attached hydrogen (secondary N) is 1. The van der Waals surface area contributed by atoms with Gasteiger partial charge in [-0.3, -0.25) is 10.0 Å². The van der Waals surface area contributed by atoms with Crippen molar-refractivity contribution >= 4 is 37.3 Å². The number of nitrogens with zero attached hydrogens (tertiary/aromatic N) is 1. The van der Waals surface area contributed by atoms with Crippen LogP contribution in [0.4, 0.5) is 13.2 Å². The number of fused-ring (bicyclic) bond motifs is 1. The van der Waals surface area contributed by atoms with Gasteiger partial charge < -0.3 is 9.47 Å². The number of sulfone groups is 1. The second-order valence-corrected chi connectivity index (χ2v) is 10.6. The first-order chi connectivity index (χ1) is 15.6. The fraction of sp³-hybridized carbons (Fsp3) is 0.300. The Kier molecular flexibility index (Phi) is 6.07. The summed E-state index contributed by atoms with van der Waals surface area (Å²) in [5.41, 5.74) is 2.48. The van der Waals surface area contributed by atoms with Crippen LogP contribution in [0.25, 0.3) is 20.8 Å². The lowest BCUT2D eigenvalue weighted by molar-refractivity contribution is -0.274. The van der Waals surface area contributed by atoms with E-state index in [9.17, 15) is 26.4 Å². The number of halogens is 3. The predicted octanol–water partition coefficient (Wildman–Crippen LogP) is 3.69. The summed E-state index contributed by atoms with van der Waals surface area (Å²) < 4.78 is 71.6. The van der Waals surface area contributed by atoms with Crippen molar-refractivity contribution in [2.24, 2.45) is 0 Å². The maximum absolute atomic E-state index is 13.4. The molecule has 0 atom stereocenters. The van der Waals surface area contributed by atoms with Gasteiger partial charge in [-0.25, -0.2) is 18.9 Å². The zero-order valence-corrected chi connectivity index (χ0v) is 18.4. The number of carbonyl (C=O) groups excluding carboxylic acids is 1. The van der Waals surface area contributed by atoms with Crippen LogP contribution < -0.4 is 10.2 Å². The second kappa shape index (κ2) is 8.56. The van der Waals surface area contributed by atoms with Crippen molar-refractivity contribution in [1.29, 1.82) is 0 Å². The number of rotatable bonds is 5. The van der Waals surface area contributed by atoms with Gasteiger partial charge in [0.25, 0.3) is 5.91 Å². The van der Waals surface area contributed by atoms with Gasteiger partial charge in [0.05, 0.1) is 15.1 Å². The Hall–Kier alpha value is -2.74. The molecule has 2 aromatic carbocycles. The van der Waals surface area contributed by atoms with Crippen LogP contribution in [-0.4, -0.2) is 48.8 Å². The smallest absolute Gasteiger partial charge is 0.406 e. The number of amides is 1. The molecule has 1 fully saturated rings. The Bertz CT molecular complexity index is 1280. The highest BCUT2D eigenvalue weighted by Crippen LogP contribution is 2.38. The van der Waals surface area contributed by atoms with Crippen molar-refractivity contribution in [3.8, 4) is 16.3 Å². The number of thiazole rings is 1. The molecule has 1 aliphatic heterocycles. The molecule has 0 unspecified atom stereocenters. The number of benzene rings is 2. The molecule has 0 bridgehead atoms. The minimum atomic E-state index is -4.80. The van der Waals surface area contributed by atoms with Crippen LogP contribution in [0.5, 0.6) is 5.75 Å². The highest BCUT2D eigenvalue weighted by molar-refractivity contribution is 7.93. The van der Waals surface area contributed by atoms with Gasteiger partial charge in [0, 0.05) is 18.8 Å². The van der Waals surface area contributed by atoms with E-state index in [1.54, 1.807) is 0 Å². The molecular weight excluding hydrogens is 485 g/mol. The molecule has 33 heavy (non-hydrogen) atoms. The third-order valence-corrected chi connectivity index (χ3v) is 8.90. The highest BCUT2D eigenvalue weighted by Gasteiger charge is 2.52. The summed E-state index contributed by atoms with van der Waals surface area (Å²) in [5.74, 6) is -1.39. The molecule has 4 rings (SSSR count). The van der Waals surface area contributed by atoms with Gasteiger partial charge in [0.15, 0.2) is 14.6 Å². The van der Waals surface area contributed by atoms with Crippen molar-refractivity contribution < 1.29 is 41.1 Å². The molecule has 2 N–H and O–H groups in total. The Morgan fingerprint density at radius 2 is 1.82 bits per heavy atom. The summed E-state index contributed by atoms with van der Waals surface area (Å²) in [6.07, 6.45) is -5.02. The Labute approximate surface area is 189 Å². The van der Waals surface area contributed by atoms with Crippen LogP contribution in [0.15, 0.2) is 47.4 Å². The molecule has 3 aromatic rings. The van der Waals surface area contributed by atoms with Crippen molar-refractivity contribution in [3.05, 3.63) is 42.5 Å². The van der Waals surface area contributed by atoms with E-state index in [-0.39, 0.29) is 36.7 Å². The van der Waals surface area contributed by atoms with Crippen LogP contribution in [0.2, 0.25) is 0 Å². The molecule has 13 heteroatoms. The summed E-state index contributed by atoms with van der Waals surface area (Å²) in [5, 5.41) is 9.63. The maximum atomic E-state index is 13.4. The number of aromatic nitrogens is 1. The van der Waals surface area contributed by atoms with Gasteiger partial charge in [-0.1, -0.05) is 0 Å². The van der Waals surface area contributed by atoms with E-state index in [0.29, 0.717) is 20.8 Å². The largest absolute Gasteiger partial charge is 0.573 e.